The normalized spacial score (nSPS) is 16.2. The zero-order valence-corrected chi connectivity index (χ0v) is 22.7. The minimum Gasteiger partial charge on any atom is -0.449 e. The maximum atomic E-state index is 14.5. The van der Waals surface area contributed by atoms with E-state index in [2.05, 4.69) is 56.9 Å². The van der Waals surface area contributed by atoms with Gasteiger partial charge in [-0.15, -0.1) is 0 Å². The van der Waals surface area contributed by atoms with Crippen LogP contribution in [0.3, 0.4) is 0 Å². The number of piperazine rings is 1. The summed E-state index contributed by atoms with van der Waals surface area (Å²) in [5.74, 6) is 0. The summed E-state index contributed by atoms with van der Waals surface area (Å²) in [6, 6.07) is 20.7. The number of carbonyl (C=O) groups is 1. The molecule has 2 aromatic rings. The van der Waals surface area contributed by atoms with E-state index in [1.54, 1.807) is 4.90 Å². The minimum absolute atomic E-state index is 0.204. The first kappa shape index (κ1) is 27.4. The summed E-state index contributed by atoms with van der Waals surface area (Å²) in [6.45, 7) is 11.6. The fourth-order valence-electron chi connectivity index (χ4n) is 4.85. The first-order chi connectivity index (χ1) is 16.8. The lowest BCUT2D eigenvalue weighted by Crippen LogP contribution is -2.68. The molecule has 192 valence electrons. The number of hydrogen-bond donors (Lipinski definition) is 0. The van der Waals surface area contributed by atoms with Crippen molar-refractivity contribution in [1.29, 1.82) is 0 Å². The Morgan fingerprint density at radius 3 is 1.97 bits per heavy atom. The van der Waals surface area contributed by atoms with Crippen molar-refractivity contribution in [3.8, 4) is 0 Å². The van der Waals surface area contributed by atoms with Crippen LogP contribution in [0.1, 0.15) is 40.5 Å². The Morgan fingerprint density at radius 2 is 1.51 bits per heavy atom. The molecule has 1 atom stereocenters. The van der Waals surface area contributed by atoms with E-state index in [4.69, 9.17) is 9.16 Å². The van der Waals surface area contributed by atoms with Crippen LogP contribution in [0.4, 0.5) is 9.18 Å². The summed E-state index contributed by atoms with van der Waals surface area (Å²) >= 11 is 0. The number of benzene rings is 2. The second-order valence-electron chi connectivity index (χ2n) is 10.3. The van der Waals surface area contributed by atoms with Crippen molar-refractivity contribution in [2.24, 2.45) is 0 Å². The molecule has 7 heteroatoms. The highest BCUT2D eigenvalue weighted by molar-refractivity contribution is 6.99. The predicted octanol–water partition coefficient (Wildman–Crippen LogP) is 4.46. The lowest BCUT2D eigenvalue weighted by atomic mass is 10.2. The van der Waals surface area contributed by atoms with Crippen LogP contribution in [0.2, 0.25) is 5.04 Å². The number of nitrogens with zero attached hydrogens (tertiary/aromatic N) is 2. The van der Waals surface area contributed by atoms with Crippen LogP contribution in [0.5, 0.6) is 0 Å². The molecule has 1 aliphatic heterocycles. The van der Waals surface area contributed by atoms with Crippen LogP contribution in [-0.4, -0.2) is 76.3 Å². The number of carbonyl (C=O) groups excluding carboxylic acids is 1. The summed E-state index contributed by atoms with van der Waals surface area (Å²) in [5.41, 5.74) is 0. The maximum Gasteiger partial charge on any atom is 0.409 e. The Kier molecular flexibility index (Phi) is 9.89. The molecular weight excluding hydrogens is 459 g/mol. The van der Waals surface area contributed by atoms with Crippen LogP contribution >= 0.6 is 0 Å². The average Bonchev–Trinajstić information content (AvgIpc) is 2.87. The number of ether oxygens (including phenoxy) is 1. The monoisotopic (exact) mass is 500 g/mol. The summed E-state index contributed by atoms with van der Waals surface area (Å²) in [6.07, 6.45) is 1.08. The van der Waals surface area contributed by atoms with Gasteiger partial charge in [-0.05, 0) is 21.8 Å². The maximum absolute atomic E-state index is 14.5. The number of alkyl halides is 1. The molecule has 1 amide bonds. The third kappa shape index (κ3) is 6.71. The standard InChI is InChI=1S/C28H41FN2O3Si/c1-5-6-21-33-27(32)31-19-17-30(18-20-31)23-24(22-29)34-35(28(2,3)4,25-13-9-7-10-14-25)26-15-11-8-12-16-26/h7-16,24H,5-6,17-23H2,1-4H3. The average molecular weight is 501 g/mol. The molecule has 5 nitrogen and oxygen atoms in total. The molecule has 3 rings (SSSR count). The quantitative estimate of drug-likeness (QED) is 0.357. The molecule has 0 aromatic heterocycles. The highest BCUT2D eigenvalue weighted by Crippen LogP contribution is 2.37. The van der Waals surface area contributed by atoms with Gasteiger partial charge < -0.3 is 14.1 Å². The van der Waals surface area contributed by atoms with Crippen LogP contribution in [0, 0.1) is 0 Å². The molecule has 0 N–H and O–H groups in total. The van der Waals surface area contributed by atoms with Gasteiger partial charge in [-0.1, -0.05) is 94.8 Å². The lowest BCUT2D eigenvalue weighted by molar-refractivity contribution is 0.0532. The van der Waals surface area contributed by atoms with Crippen molar-refractivity contribution in [2.45, 2.75) is 51.7 Å². The Morgan fingerprint density at radius 1 is 0.971 bits per heavy atom. The van der Waals surface area contributed by atoms with Gasteiger partial charge in [0.05, 0.1) is 12.7 Å². The van der Waals surface area contributed by atoms with Gasteiger partial charge in [0.1, 0.15) is 6.67 Å². The lowest BCUT2D eigenvalue weighted by Gasteiger charge is -2.45. The van der Waals surface area contributed by atoms with E-state index in [1.165, 1.54) is 0 Å². The van der Waals surface area contributed by atoms with Crippen molar-refractivity contribution >= 4 is 24.8 Å². The van der Waals surface area contributed by atoms with Gasteiger partial charge in [-0.2, -0.15) is 0 Å². The molecule has 0 bridgehead atoms. The number of unbranched alkanes of at least 4 members (excludes halogenated alkanes) is 1. The molecule has 1 aliphatic rings. The van der Waals surface area contributed by atoms with E-state index in [-0.39, 0.29) is 11.1 Å². The molecule has 2 aromatic carbocycles. The second-order valence-corrected chi connectivity index (χ2v) is 14.6. The van der Waals surface area contributed by atoms with Crippen molar-refractivity contribution in [3.05, 3.63) is 60.7 Å². The molecule has 0 spiro atoms. The van der Waals surface area contributed by atoms with E-state index in [1.807, 2.05) is 36.4 Å². The SMILES string of the molecule is CCCCOC(=O)N1CCN(CC(CF)O[Si](c2ccccc2)(c2ccccc2)C(C)(C)C)CC1. The Bertz CT molecular complexity index is 860. The number of halogens is 1. The van der Waals surface area contributed by atoms with Crippen LogP contribution in [0.15, 0.2) is 60.7 Å². The van der Waals surface area contributed by atoms with Gasteiger partial charge in [0.15, 0.2) is 0 Å². The number of amides is 1. The van der Waals surface area contributed by atoms with Crippen LogP contribution < -0.4 is 10.4 Å². The molecule has 1 saturated heterocycles. The summed E-state index contributed by atoms with van der Waals surface area (Å²) < 4.78 is 26.9. The molecule has 0 radical (unpaired) electrons. The molecule has 0 aliphatic carbocycles. The van der Waals surface area contributed by atoms with Gasteiger partial charge in [0.2, 0.25) is 0 Å². The molecule has 0 saturated carbocycles. The van der Waals surface area contributed by atoms with Crippen LogP contribution in [0.25, 0.3) is 0 Å². The minimum atomic E-state index is -2.82. The third-order valence-electron chi connectivity index (χ3n) is 6.75. The molecule has 1 unspecified atom stereocenters. The van der Waals surface area contributed by atoms with Crippen molar-refractivity contribution in [1.82, 2.24) is 9.80 Å². The van der Waals surface area contributed by atoms with Crippen molar-refractivity contribution in [2.75, 3.05) is 46.0 Å². The van der Waals surface area contributed by atoms with E-state index >= 15 is 0 Å². The van der Waals surface area contributed by atoms with Gasteiger partial charge in [0.25, 0.3) is 8.32 Å². The summed E-state index contributed by atoms with van der Waals surface area (Å²) in [5, 5.41) is 2.10. The second kappa shape index (κ2) is 12.7. The zero-order valence-electron chi connectivity index (χ0n) is 21.7. The fourth-order valence-corrected chi connectivity index (χ4v) is 9.51. The predicted molar refractivity (Wildman–Crippen MR) is 143 cm³/mol. The van der Waals surface area contributed by atoms with Gasteiger partial charge in [-0.25, -0.2) is 9.18 Å². The topological polar surface area (TPSA) is 42.0 Å². The highest BCUT2D eigenvalue weighted by atomic mass is 28.4. The number of hydrogen-bond acceptors (Lipinski definition) is 4. The van der Waals surface area contributed by atoms with Gasteiger partial charge in [-0.3, -0.25) is 4.90 Å². The smallest absolute Gasteiger partial charge is 0.409 e. The fraction of sp³-hybridized carbons (Fsp3) is 0.536. The van der Waals surface area contributed by atoms with Crippen molar-refractivity contribution in [3.63, 3.8) is 0 Å². The zero-order chi connectivity index (χ0) is 25.3. The van der Waals surface area contributed by atoms with Gasteiger partial charge >= 0.3 is 6.09 Å². The summed E-state index contributed by atoms with van der Waals surface area (Å²) in [4.78, 5) is 16.2. The molecule has 1 fully saturated rings. The van der Waals surface area contributed by atoms with Gasteiger partial charge in [0, 0.05) is 32.7 Å². The first-order valence-corrected chi connectivity index (χ1v) is 14.7. The largest absolute Gasteiger partial charge is 0.449 e. The Labute approximate surface area is 211 Å². The Balaban J connectivity index is 1.76. The number of rotatable bonds is 10. The first-order valence-electron chi connectivity index (χ1n) is 12.8. The molecular formula is C28H41FN2O3Si. The Hall–Kier alpha value is -2.22. The third-order valence-corrected chi connectivity index (χ3v) is 11.8. The van der Waals surface area contributed by atoms with Crippen LogP contribution in [-0.2, 0) is 9.16 Å². The highest BCUT2D eigenvalue weighted by Gasteiger charge is 2.51. The molecule has 35 heavy (non-hydrogen) atoms. The van der Waals surface area contributed by atoms with Crippen molar-refractivity contribution < 1.29 is 18.3 Å². The van der Waals surface area contributed by atoms with E-state index in [9.17, 15) is 9.18 Å². The summed E-state index contributed by atoms with van der Waals surface area (Å²) in [7, 11) is -2.82. The van der Waals surface area contributed by atoms with E-state index in [0.29, 0.717) is 39.3 Å². The van der Waals surface area contributed by atoms with E-state index in [0.717, 1.165) is 23.2 Å². The van der Waals surface area contributed by atoms with E-state index < -0.39 is 21.1 Å². The molecule has 1 heterocycles.